The molecule has 0 bridgehead atoms. The van der Waals surface area contributed by atoms with Crippen LogP contribution in [0.25, 0.3) is 0 Å². The smallest absolute Gasteiger partial charge is 0.320 e. The SMILES string of the molecule is CN(C(=N)N(C)c1ccccc1)c1ccccc1.CN=C(Nc1ccccc1)Nc1ccccc1.CN=C(Nc1ccccc1)Nc1ccccc1.CN=C(Nc1ccccc1)Nc1ccccc1.N=C(N)N.NC(=Nc1ccccc1)Nc1ccccc1.NC(N)=NCCCC(N)C(=O)O.NN=C(N)N.c1ccc(N=C(Nc2ccccc2)Nc2ccccc2)cc1.c1ccc(NC(=NC2CCCCC2)Nc2ccccc2)cc1. The molecule has 34 heteroatoms. The monoisotopic (exact) mass is 2010 g/mol. The van der Waals surface area contributed by atoms with Gasteiger partial charge in [-0.05, 0) is 208 Å². The molecule has 1 aliphatic carbocycles. The van der Waals surface area contributed by atoms with Gasteiger partial charge < -0.3 is 125 Å². The van der Waals surface area contributed by atoms with Crippen LogP contribution >= 0.6 is 0 Å². The lowest BCUT2D eigenvalue weighted by Gasteiger charge is -2.28. The summed E-state index contributed by atoms with van der Waals surface area (Å²) < 4.78 is 0. The Balaban J connectivity index is 0.000000230. The van der Waals surface area contributed by atoms with Crippen LogP contribution in [0.5, 0.6) is 0 Å². The van der Waals surface area contributed by atoms with Crippen LogP contribution < -0.4 is 120 Å². The molecular weight excluding hydrogens is 1870 g/mol. The summed E-state index contributed by atoms with van der Waals surface area (Å²) in [6, 6.07) is 149. The molecule has 150 heavy (non-hydrogen) atoms. The van der Waals surface area contributed by atoms with Crippen LogP contribution in [0.3, 0.4) is 0 Å². The van der Waals surface area contributed by atoms with Crippen molar-refractivity contribution in [1.29, 1.82) is 10.8 Å². The minimum Gasteiger partial charge on any atom is -0.480 e. The van der Waals surface area contributed by atoms with E-state index in [1.165, 1.54) is 32.1 Å². The van der Waals surface area contributed by atoms with E-state index in [1.54, 1.807) is 21.1 Å². The van der Waals surface area contributed by atoms with Gasteiger partial charge in [0.2, 0.25) is 23.8 Å². The molecule has 1 fully saturated rings. The number of nitrogens with one attached hydrogen (secondary N) is 13. The van der Waals surface area contributed by atoms with E-state index in [2.05, 4.69) is 135 Å². The molecule has 776 valence electrons. The summed E-state index contributed by atoms with van der Waals surface area (Å²) in [6.07, 6.45) is 7.26. The van der Waals surface area contributed by atoms with Gasteiger partial charge in [-0.2, -0.15) is 0 Å². The van der Waals surface area contributed by atoms with Gasteiger partial charge in [-0.15, -0.1) is 5.10 Å². The zero-order chi connectivity index (χ0) is 107. The summed E-state index contributed by atoms with van der Waals surface area (Å²) in [6.45, 7) is 0.420. The Morgan fingerprint density at radius 3 is 0.760 bits per heavy atom. The van der Waals surface area contributed by atoms with Crippen molar-refractivity contribution in [2.24, 2.45) is 91.8 Å². The number of nitrogens with two attached hydrogens (primary N) is 9. The molecule has 0 aliphatic heterocycles. The Kier molecular flexibility index (Phi) is 56.0. The number of nitrogens with zero attached hydrogens (tertiary/aromatic N) is 10. The molecule has 1 atom stereocenters. The fourth-order valence-corrected chi connectivity index (χ4v) is 13.0. The van der Waals surface area contributed by atoms with Crippen LogP contribution in [0.15, 0.2) is 495 Å². The van der Waals surface area contributed by atoms with E-state index in [4.69, 9.17) is 55.3 Å². The second-order valence-electron chi connectivity index (χ2n) is 32.0. The Morgan fingerprint density at radius 1 is 0.320 bits per heavy atom. The molecule has 0 heterocycles. The Bertz CT molecular complexity index is 5930. The number of hydrogen-bond acceptors (Lipinski definition) is 13. The minimum atomic E-state index is -1.00. The van der Waals surface area contributed by atoms with Crippen molar-refractivity contribution in [3.05, 3.63) is 455 Å². The van der Waals surface area contributed by atoms with Crippen molar-refractivity contribution in [2.75, 3.05) is 110 Å². The van der Waals surface area contributed by atoms with Gasteiger partial charge in [0.05, 0.1) is 17.4 Å². The van der Waals surface area contributed by atoms with Crippen LogP contribution in [0.4, 0.5) is 85.3 Å². The fraction of sp³-hybridized carbons (Fsp3) is 0.129. The first-order chi connectivity index (χ1) is 73.0. The van der Waals surface area contributed by atoms with Crippen LogP contribution in [0.2, 0.25) is 0 Å². The normalized spacial score (nSPS) is 10.6. The van der Waals surface area contributed by atoms with E-state index in [1.807, 2.05) is 455 Å². The zero-order valence-corrected chi connectivity index (χ0v) is 85.1. The summed E-state index contributed by atoms with van der Waals surface area (Å²) in [5.74, 6) is 7.61. The Morgan fingerprint density at radius 2 is 0.533 bits per heavy atom. The maximum absolute atomic E-state index is 10.2. The molecule has 1 unspecified atom stereocenters. The third kappa shape index (κ3) is 52.3. The molecule has 32 N–H and O–H groups in total. The number of anilines is 13. The van der Waals surface area contributed by atoms with Crippen molar-refractivity contribution < 1.29 is 9.90 Å². The number of hydrazone groups is 1. The lowest BCUT2D eigenvalue weighted by Crippen LogP contribution is -2.39. The van der Waals surface area contributed by atoms with E-state index in [0.717, 1.165) is 109 Å². The quantitative estimate of drug-likeness (QED) is 0.0104. The van der Waals surface area contributed by atoms with E-state index < -0.39 is 12.0 Å². The molecule has 15 aromatic carbocycles. The molecule has 0 spiro atoms. The molecule has 0 radical (unpaired) electrons. The van der Waals surface area contributed by atoms with Crippen molar-refractivity contribution in [3.63, 3.8) is 0 Å². The number of carbonyl (C=O) groups is 1. The van der Waals surface area contributed by atoms with Gasteiger partial charge in [0.25, 0.3) is 0 Å². The van der Waals surface area contributed by atoms with Gasteiger partial charge in [0.1, 0.15) is 6.04 Å². The van der Waals surface area contributed by atoms with Crippen LogP contribution in [-0.4, -0.2) is 125 Å². The molecule has 34 nitrogen and oxygen atoms in total. The largest absolute Gasteiger partial charge is 0.480 e. The minimum absolute atomic E-state index is 0.0129. The van der Waals surface area contributed by atoms with Crippen LogP contribution in [-0.2, 0) is 4.79 Å². The summed E-state index contributed by atoms with van der Waals surface area (Å²) in [5.41, 5.74) is 54.3. The van der Waals surface area contributed by atoms with Gasteiger partial charge in [-0.3, -0.25) is 35.6 Å². The molecule has 16 rings (SSSR count). The van der Waals surface area contributed by atoms with Gasteiger partial charge in [0, 0.05) is 116 Å². The maximum Gasteiger partial charge on any atom is 0.320 e. The highest BCUT2D eigenvalue weighted by molar-refractivity contribution is 6.08. The van der Waals surface area contributed by atoms with Crippen molar-refractivity contribution in [1.82, 2.24) is 0 Å². The first-order valence-electron chi connectivity index (χ1n) is 48.2. The molecule has 0 saturated heterocycles. The van der Waals surface area contributed by atoms with Crippen molar-refractivity contribution in [3.8, 4) is 0 Å². The second-order valence-corrected chi connectivity index (χ2v) is 32.0. The molecule has 0 aromatic heterocycles. The zero-order valence-electron chi connectivity index (χ0n) is 85.1. The standard InChI is InChI=1S/C19H23N3.C19H17N3.C15H17N3.3C14H15N3.C13H13N3.C6H14N4O2.CH6N4.CH5N3/c2*1-4-10-16(11-5-1)20-19(21-17-12-6-2-7-13-17)22-18-14-8-3-9-15-18;1-17(13-9-5-3-6-10-13)15(16)18(2)14-11-7-4-8-12-14;3*1-15-14(16-12-8-4-2-5-9-12)17-13-10-6-3-7-11-13;14-13(15-11-7-3-1-4-8-11)16-12-9-5-2-6-10-12;7-4(5(11)12)2-1-3-10-6(8)9;2-1(3)5-4;2-1(3)4/h1-2,4-7,10-13,18H,3,8-9,14-15H2,(H2,20,21,22);1-15H,(H2,20,21,22);3-12,16H,1-2H3;3*2-11H,1H3,(H2,15,16,17);1-10H,(H3,14,15,16);4H,1-3,7H2,(H,11,12)(H4,8,9,10);4H2,(H4,2,3,5);(H5,2,3,4). The van der Waals surface area contributed by atoms with Gasteiger partial charge in [-0.25, -0.2) is 15.0 Å². The maximum atomic E-state index is 10.2. The van der Waals surface area contributed by atoms with E-state index in [-0.39, 0.29) is 17.9 Å². The number of para-hydroxylation sites is 15. The number of benzene rings is 15. The third-order valence-corrected chi connectivity index (χ3v) is 20.3. The first-order valence-corrected chi connectivity index (χ1v) is 48.2. The molecule has 1 aliphatic rings. The Hall–Kier alpha value is -19.8. The van der Waals surface area contributed by atoms with E-state index >= 15 is 0 Å². The van der Waals surface area contributed by atoms with Gasteiger partial charge >= 0.3 is 5.97 Å². The van der Waals surface area contributed by atoms with E-state index in [9.17, 15) is 4.79 Å². The number of guanidine groups is 10. The number of aliphatic carboxylic acids is 1. The molecular formula is C116H140N32O2. The summed E-state index contributed by atoms with van der Waals surface area (Å²) in [7, 11) is 9.05. The summed E-state index contributed by atoms with van der Waals surface area (Å²) in [5, 5.41) is 61.3. The van der Waals surface area contributed by atoms with E-state index in [0.29, 0.717) is 43.3 Å². The van der Waals surface area contributed by atoms with Crippen molar-refractivity contribution >= 4 is 151 Å². The van der Waals surface area contributed by atoms with Gasteiger partial charge in [0.15, 0.2) is 35.8 Å². The lowest BCUT2D eigenvalue weighted by atomic mass is 9.96. The first kappa shape index (κ1) is 117. The van der Waals surface area contributed by atoms with Crippen molar-refractivity contribution in [2.45, 2.75) is 57.0 Å². The number of rotatable bonds is 21. The van der Waals surface area contributed by atoms with Gasteiger partial charge in [-0.1, -0.05) is 292 Å². The average Bonchev–Trinajstić information content (AvgIpc) is 0.844. The number of hydrogen-bond donors (Lipinski definition) is 23. The molecule has 1 saturated carbocycles. The number of carboxylic acids is 1. The lowest BCUT2D eigenvalue weighted by molar-refractivity contribution is -0.138. The summed E-state index contributed by atoms with van der Waals surface area (Å²) in [4.78, 5) is 43.9. The Labute approximate surface area is 880 Å². The highest BCUT2D eigenvalue weighted by Gasteiger charge is 2.17. The highest BCUT2D eigenvalue weighted by Crippen LogP contribution is 2.24. The topological polar surface area (TPSA) is 557 Å². The predicted octanol–water partition coefficient (Wildman–Crippen LogP) is 20.7. The average molecular weight is 2010 g/mol. The van der Waals surface area contributed by atoms with Crippen LogP contribution in [0, 0.1) is 10.8 Å². The second kappa shape index (κ2) is 71.6. The fourth-order valence-electron chi connectivity index (χ4n) is 13.0. The highest BCUT2D eigenvalue weighted by atomic mass is 16.4. The predicted molar refractivity (Wildman–Crippen MR) is 635 cm³/mol. The third-order valence-electron chi connectivity index (χ3n) is 20.3. The van der Waals surface area contributed by atoms with Crippen LogP contribution in [0.1, 0.15) is 44.9 Å². The number of aliphatic imine (C=N–C) groups is 7. The number of carboxylic acid groups (broad SMARTS) is 1. The molecule has 15 aromatic rings. The summed E-state index contributed by atoms with van der Waals surface area (Å²) >= 11 is 0. The molecule has 0 amide bonds.